The lowest BCUT2D eigenvalue weighted by Gasteiger charge is -2.28. The average Bonchev–Trinajstić information content (AvgIpc) is 2.62. The smallest absolute Gasteiger partial charge is 0.410 e. The maximum Gasteiger partial charge on any atom is 0.410 e. The molecule has 0 aromatic heterocycles. The van der Waals surface area contributed by atoms with Gasteiger partial charge in [-0.1, -0.05) is 12.1 Å². The van der Waals surface area contributed by atoms with Crippen LogP contribution in [0.2, 0.25) is 0 Å². The summed E-state index contributed by atoms with van der Waals surface area (Å²) in [5.41, 5.74) is -0.00442. The van der Waals surface area contributed by atoms with Crippen LogP contribution in [0.3, 0.4) is 0 Å². The molecule has 8 heteroatoms. The summed E-state index contributed by atoms with van der Waals surface area (Å²) in [6.07, 6.45) is -0.630. The lowest BCUT2D eigenvalue weighted by Crippen LogP contribution is -2.48. The van der Waals surface area contributed by atoms with Crippen LogP contribution in [0.5, 0.6) is 0 Å². The summed E-state index contributed by atoms with van der Waals surface area (Å²) in [6.45, 7) is 6.49. The van der Waals surface area contributed by atoms with E-state index in [0.717, 1.165) is 4.90 Å². The molecule has 0 saturated carbocycles. The first-order chi connectivity index (χ1) is 12.5. The highest BCUT2D eigenvalue weighted by Gasteiger charge is 2.27. The summed E-state index contributed by atoms with van der Waals surface area (Å²) in [4.78, 5) is 48.9. The fourth-order valence-electron chi connectivity index (χ4n) is 2.00. The zero-order valence-electron chi connectivity index (χ0n) is 16.5. The number of esters is 1. The Kier molecular flexibility index (Phi) is 7.51. The first kappa shape index (κ1) is 22.1. The Labute approximate surface area is 158 Å². The molecular weight excluding hydrogens is 352 g/mol. The van der Waals surface area contributed by atoms with Crippen LogP contribution >= 0.6 is 0 Å². The third kappa shape index (κ3) is 6.73. The first-order valence-electron chi connectivity index (χ1n) is 8.41. The van der Waals surface area contributed by atoms with E-state index in [4.69, 9.17) is 4.74 Å². The first-order valence-corrected chi connectivity index (χ1v) is 8.41. The molecule has 0 saturated heterocycles. The monoisotopic (exact) mass is 378 g/mol. The molecule has 148 valence electrons. The van der Waals surface area contributed by atoms with Gasteiger partial charge in [0.2, 0.25) is 5.91 Å². The van der Waals surface area contributed by atoms with Gasteiger partial charge in [-0.15, -0.1) is 0 Å². The number of rotatable bonds is 6. The van der Waals surface area contributed by atoms with Crippen LogP contribution in [0.25, 0.3) is 0 Å². The molecule has 0 radical (unpaired) electrons. The van der Waals surface area contributed by atoms with Gasteiger partial charge in [-0.3, -0.25) is 14.5 Å². The number of nitrogens with zero attached hydrogens (tertiary/aromatic N) is 1. The number of amides is 2. The van der Waals surface area contributed by atoms with Crippen molar-refractivity contribution in [2.75, 3.05) is 20.7 Å². The SMILES string of the molecule is COC(=O)c1ccc(C(=O)CNC(=O)C(C)N(C)C(=O)OC(C)(C)C)cc1. The van der Waals surface area contributed by atoms with Crippen molar-refractivity contribution >= 4 is 23.8 Å². The second-order valence-electron chi connectivity index (χ2n) is 6.98. The van der Waals surface area contributed by atoms with Crippen LogP contribution < -0.4 is 5.32 Å². The molecule has 0 aliphatic carbocycles. The van der Waals surface area contributed by atoms with Gasteiger partial charge < -0.3 is 14.8 Å². The van der Waals surface area contributed by atoms with E-state index < -0.39 is 29.6 Å². The van der Waals surface area contributed by atoms with Crippen molar-refractivity contribution in [1.82, 2.24) is 10.2 Å². The highest BCUT2D eigenvalue weighted by molar-refractivity contribution is 6.00. The number of nitrogens with one attached hydrogen (secondary N) is 1. The van der Waals surface area contributed by atoms with Gasteiger partial charge in [0.25, 0.3) is 0 Å². The Morgan fingerprint density at radius 2 is 1.59 bits per heavy atom. The molecule has 1 atom stereocenters. The summed E-state index contributed by atoms with van der Waals surface area (Å²) in [6, 6.07) is 5.10. The van der Waals surface area contributed by atoms with Gasteiger partial charge in [0.05, 0.1) is 19.2 Å². The molecule has 1 N–H and O–H groups in total. The molecule has 0 bridgehead atoms. The van der Waals surface area contributed by atoms with Crippen LogP contribution in [0.1, 0.15) is 48.4 Å². The fraction of sp³-hybridized carbons (Fsp3) is 0.474. The van der Waals surface area contributed by atoms with Crippen LogP contribution in [-0.2, 0) is 14.3 Å². The fourth-order valence-corrected chi connectivity index (χ4v) is 2.00. The molecule has 0 fully saturated rings. The number of hydrogen-bond donors (Lipinski definition) is 1. The van der Waals surface area contributed by atoms with E-state index >= 15 is 0 Å². The summed E-state index contributed by atoms with van der Waals surface area (Å²) in [5.74, 6) is -1.31. The van der Waals surface area contributed by atoms with Crippen LogP contribution in [0, 0.1) is 0 Å². The standard InChI is InChI=1S/C19H26N2O6/c1-12(21(5)18(25)27-19(2,3)4)16(23)20-11-15(22)13-7-9-14(10-8-13)17(24)26-6/h7-10,12H,11H2,1-6H3,(H,20,23). The van der Waals surface area contributed by atoms with Crippen LogP contribution in [0.4, 0.5) is 4.79 Å². The van der Waals surface area contributed by atoms with E-state index in [-0.39, 0.29) is 12.3 Å². The Hall–Kier alpha value is -2.90. The lowest BCUT2D eigenvalue weighted by atomic mass is 10.1. The van der Waals surface area contributed by atoms with Crippen molar-refractivity contribution in [1.29, 1.82) is 0 Å². The number of methoxy groups -OCH3 is 1. The van der Waals surface area contributed by atoms with Crippen LogP contribution in [0.15, 0.2) is 24.3 Å². The molecule has 27 heavy (non-hydrogen) atoms. The molecule has 8 nitrogen and oxygen atoms in total. The predicted molar refractivity (Wildman–Crippen MR) is 98.6 cm³/mol. The lowest BCUT2D eigenvalue weighted by molar-refractivity contribution is -0.125. The van der Waals surface area contributed by atoms with E-state index in [1.54, 1.807) is 20.8 Å². The number of ketones is 1. The van der Waals surface area contributed by atoms with Gasteiger partial charge in [0.1, 0.15) is 11.6 Å². The average molecular weight is 378 g/mol. The minimum absolute atomic E-state index is 0.233. The Morgan fingerprint density at radius 1 is 1.07 bits per heavy atom. The maximum absolute atomic E-state index is 12.2. The third-order valence-corrected chi connectivity index (χ3v) is 3.69. The minimum atomic E-state index is -0.811. The summed E-state index contributed by atoms with van der Waals surface area (Å²) in [5, 5.41) is 2.50. The molecule has 2 amide bonds. The highest BCUT2D eigenvalue weighted by atomic mass is 16.6. The Bertz CT molecular complexity index is 706. The van der Waals surface area contributed by atoms with Crippen molar-refractivity contribution in [3.05, 3.63) is 35.4 Å². The second-order valence-corrected chi connectivity index (χ2v) is 6.98. The van der Waals surface area contributed by atoms with Gasteiger partial charge in [0.15, 0.2) is 5.78 Å². The second kappa shape index (κ2) is 9.16. The van der Waals surface area contributed by atoms with Gasteiger partial charge >= 0.3 is 12.1 Å². The highest BCUT2D eigenvalue weighted by Crippen LogP contribution is 2.11. The van der Waals surface area contributed by atoms with E-state index in [0.29, 0.717) is 11.1 Å². The number of likely N-dealkylation sites (N-methyl/N-ethyl adjacent to an activating group) is 1. The number of hydrogen-bond acceptors (Lipinski definition) is 6. The van der Waals surface area contributed by atoms with Gasteiger partial charge in [-0.2, -0.15) is 0 Å². The quantitative estimate of drug-likeness (QED) is 0.600. The largest absolute Gasteiger partial charge is 0.465 e. The number of carbonyl (C=O) groups is 4. The van der Waals surface area contributed by atoms with E-state index in [1.807, 2.05) is 0 Å². The van der Waals surface area contributed by atoms with Gasteiger partial charge in [-0.05, 0) is 39.8 Å². The van der Waals surface area contributed by atoms with E-state index in [2.05, 4.69) is 10.1 Å². The van der Waals surface area contributed by atoms with Crippen molar-refractivity contribution in [2.24, 2.45) is 0 Å². The third-order valence-electron chi connectivity index (χ3n) is 3.69. The predicted octanol–water partition coefficient (Wildman–Crippen LogP) is 2.03. The number of carbonyl (C=O) groups excluding carboxylic acids is 4. The number of Topliss-reactive ketones (excluding diaryl/α,β-unsaturated/α-hetero) is 1. The molecule has 1 aromatic carbocycles. The molecule has 0 heterocycles. The number of benzene rings is 1. The summed E-state index contributed by atoms with van der Waals surface area (Å²) < 4.78 is 9.80. The molecule has 1 rings (SSSR count). The minimum Gasteiger partial charge on any atom is -0.465 e. The Morgan fingerprint density at radius 3 is 2.07 bits per heavy atom. The maximum atomic E-state index is 12.2. The van der Waals surface area contributed by atoms with E-state index in [9.17, 15) is 19.2 Å². The van der Waals surface area contributed by atoms with Crippen molar-refractivity contribution in [3.8, 4) is 0 Å². The number of ether oxygens (including phenoxy) is 2. The zero-order chi connectivity index (χ0) is 20.8. The topological polar surface area (TPSA) is 102 Å². The molecule has 1 aromatic rings. The van der Waals surface area contributed by atoms with Gasteiger partial charge in [-0.25, -0.2) is 9.59 Å². The Balaban J connectivity index is 2.61. The van der Waals surface area contributed by atoms with Gasteiger partial charge in [0, 0.05) is 12.6 Å². The molecular formula is C19H26N2O6. The van der Waals surface area contributed by atoms with Crippen molar-refractivity contribution in [3.63, 3.8) is 0 Å². The van der Waals surface area contributed by atoms with Crippen molar-refractivity contribution in [2.45, 2.75) is 39.3 Å². The summed E-state index contributed by atoms with van der Waals surface area (Å²) >= 11 is 0. The molecule has 0 aliphatic heterocycles. The molecule has 0 aliphatic rings. The molecule has 0 spiro atoms. The van der Waals surface area contributed by atoms with Crippen LogP contribution in [-0.4, -0.2) is 61.0 Å². The zero-order valence-corrected chi connectivity index (χ0v) is 16.5. The normalized spacial score (nSPS) is 11.9. The summed E-state index contributed by atoms with van der Waals surface area (Å²) in [7, 11) is 2.72. The van der Waals surface area contributed by atoms with E-state index in [1.165, 1.54) is 45.3 Å². The molecule has 1 unspecified atom stereocenters. The van der Waals surface area contributed by atoms with Crippen molar-refractivity contribution < 1.29 is 28.7 Å².